The summed E-state index contributed by atoms with van der Waals surface area (Å²) in [6.45, 7) is 3.09. The van der Waals surface area contributed by atoms with Gasteiger partial charge in [-0.2, -0.15) is 0 Å². The maximum atomic E-state index is 10.1. The van der Waals surface area contributed by atoms with Crippen molar-refractivity contribution < 1.29 is 5.11 Å². The summed E-state index contributed by atoms with van der Waals surface area (Å²) >= 11 is 0. The van der Waals surface area contributed by atoms with Crippen LogP contribution in [0.3, 0.4) is 0 Å². The molecule has 2 fully saturated rings. The van der Waals surface area contributed by atoms with E-state index in [1.165, 1.54) is 32.4 Å². The van der Waals surface area contributed by atoms with Crippen molar-refractivity contribution in [1.29, 1.82) is 0 Å². The SMILES string of the molecule is OC(CN1CC2CCCC2C1)c1ccccn1. The van der Waals surface area contributed by atoms with Crippen LogP contribution in [0, 0.1) is 11.8 Å². The molecule has 3 heteroatoms. The topological polar surface area (TPSA) is 36.4 Å². The average molecular weight is 232 g/mol. The molecular weight excluding hydrogens is 212 g/mol. The van der Waals surface area contributed by atoms with Gasteiger partial charge in [-0.05, 0) is 36.8 Å². The second kappa shape index (κ2) is 4.75. The highest BCUT2D eigenvalue weighted by Gasteiger charge is 2.36. The lowest BCUT2D eigenvalue weighted by molar-refractivity contribution is 0.118. The summed E-state index contributed by atoms with van der Waals surface area (Å²) in [5, 5.41) is 10.1. The second-order valence-electron chi connectivity index (χ2n) is 5.44. The number of hydrogen-bond donors (Lipinski definition) is 1. The third kappa shape index (κ3) is 2.35. The van der Waals surface area contributed by atoms with Gasteiger partial charge in [0, 0.05) is 25.8 Å². The van der Waals surface area contributed by atoms with Gasteiger partial charge in [-0.1, -0.05) is 12.5 Å². The minimum absolute atomic E-state index is 0.435. The number of hydrogen-bond acceptors (Lipinski definition) is 3. The summed E-state index contributed by atoms with van der Waals surface area (Å²) in [4.78, 5) is 6.63. The Morgan fingerprint density at radius 3 is 2.71 bits per heavy atom. The summed E-state index contributed by atoms with van der Waals surface area (Å²) in [6, 6.07) is 5.72. The first-order valence-corrected chi connectivity index (χ1v) is 6.64. The highest BCUT2D eigenvalue weighted by Crippen LogP contribution is 2.38. The van der Waals surface area contributed by atoms with Gasteiger partial charge in [0.2, 0.25) is 0 Å². The first kappa shape index (κ1) is 11.2. The van der Waals surface area contributed by atoms with Crippen LogP contribution < -0.4 is 0 Å². The molecule has 92 valence electrons. The van der Waals surface area contributed by atoms with Crippen LogP contribution in [0.25, 0.3) is 0 Å². The number of aliphatic hydroxyl groups excluding tert-OH is 1. The maximum Gasteiger partial charge on any atom is 0.109 e. The molecule has 1 aromatic rings. The molecule has 3 rings (SSSR count). The van der Waals surface area contributed by atoms with Gasteiger partial charge in [0.25, 0.3) is 0 Å². The zero-order valence-corrected chi connectivity index (χ0v) is 10.1. The molecular formula is C14H20N2O. The molecule has 0 spiro atoms. The Labute approximate surface area is 102 Å². The highest BCUT2D eigenvalue weighted by molar-refractivity contribution is 5.07. The fourth-order valence-electron chi connectivity index (χ4n) is 3.39. The summed E-state index contributed by atoms with van der Waals surface area (Å²) in [5.74, 6) is 1.79. The number of aromatic nitrogens is 1. The minimum atomic E-state index is -0.435. The zero-order chi connectivity index (χ0) is 11.7. The summed E-state index contributed by atoms with van der Waals surface area (Å²) < 4.78 is 0. The molecule has 0 bridgehead atoms. The van der Waals surface area contributed by atoms with E-state index in [4.69, 9.17) is 0 Å². The second-order valence-corrected chi connectivity index (χ2v) is 5.44. The lowest BCUT2D eigenvalue weighted by atomic mass is 10.0. The van der Waals surface area contributed by atoms with Gasteiger partial charge < -0.3 is 5.11 Å². The van der Waals surface area contributed by atoms with Gasteiger partial charge in [0.1, 0.15) is 6.10 Å². The van der Waals surface area contributed by atoms with Crippen LogP contribution in [0.15, 0.2) is 24.4 Å². The molecule has 1 aliphatic carbocycles. The molecule has 2 heterocycles. The van der Waals surface area contributed by atoms with Crippen LogP contribution in [0.1, 0.15) is 31.1 Å². The van der Waals surface area contributed by atoms with Gasteiger partial charge >= 0.3 is 0 Å². The predicted octanol–water partition coefficient (Wildman–Crippen LogP) is 1.85. The fourth-order valence-corrected chi connectivity index (χ4v) is 3.39. The van der Waals surface area contributed by atoms with Crippen molar-refractivity contribution in [3.63, 3.8) is 0 Å². The molecule has 1 saturated heterocycles. The van der Waals surface area contributed by atoms with Crippen LogP contribution in [0.2, 0.25) is 0 Å². The highest BCUT2D eigenvalue weighted by atomic mass is 16.3. The Morgan fingerprint density at radius 2 is 2.06 bits per heavy atom. The van der Waals surface area contributed by atoms with E-state index in [2.05, 4.69) is 9.88 Å². The van der Waals surface area contributed by atoms with Crippen LogP contribution in [0.5, 0.6) is 0 Å². The number of nitrogens with zero attached hydrogens (tertiary/aromatic N) is 2. The fraction of sp³-hybridized carbons (Fsp3) is 0.643. The van der Waals surface area contributed by atoms with Gasteiger partial charge in [-0.25, -0.2) is 0 Å². The van der Waals surface area contributed by atoms with Crippen LogP contribution in [0.4, 0.5) is 0 Å². The van der Waals surface area contributed by atoms with Crippen LogP contribution >= 0.6 is 0 Å². The molecule has 3 unspecified atom stereocenters. The van der Waals surface area contributed by atoms with Gasteiger partial charge in [0.15, 0.2) is 0 Å². The van der Waals surface area contributed by atoms with Gasteiger partial charge in [-0.15, -0.1) is 0 Å². The molecule has 17 heavy (non-hydrogen) atoms. The van der Waals surface area contributed by atoms with Crippen molar-refractivity contribution >= 4 is 0 Å². The Morgan fingerprint density at radius 1 is 1.29 bits per heavy atom. The average Bonchev–Trinajstić information content (AvgIpc) is 2.90. The molecule has 2 aliphatic rings. The molecule has 0 amide bonds. The summed E-state index contributed by atoms with van der Waals surface area (Å²) in [5.41, 5.74) is 0.796. The number of fused-ring (bicyclic) bond motifs is 1. The van der Waals surface area contributed by atoms with Crippen LogP contribution in [-0.2, 0) is 0 Å². The monoisotopic (exact) mass is 232 g/mol. The summed E-state index contributed by atoms with van der Waals surface area (Å²) in [6.07, 6.45) is 5.50. The van der Waals surface area contributed by atoms with Crippen molar-refractivity contribution in [2.24, 2.45) is 11.8 Å². The lowest BCUT2D eigenvalue weighted by Gasteiger charge is -2.20. The molecule has 1 aromatic heterocycles. The van der Waals surface area contributed by atoms with E-state index in [-0.39, 0.29) is 0 Å². The Balaban J connectivity index is 1.58. The first-order chi connectivity index (χ1) is 8.33. The molecule has 3 nitrogen and oxygen atoms in total. The largest absolute Gasteiger partial charge is 0.385 e. The number of likely N-dealkylation sites (tertiary alicyclic amines) is 1. The van der Waals surface area contributed by atoms with Gasteiger partial charge in [0.05, 0.1) is 5.69 Å². The number of β-amino-alcohol motifs (C(OH)–C–C–N with tert-alkyl or cyclic N) is 1. The van der Waals surface area contributed by atoms with E-state index in [1.807, 2.05) is 18.2 Å². The summed E-state index contributed by atoms with van der Waals surface area (Å²) in [7, 11) is 0. The van der Waals surface area contributed by atoms with Crippen molar-refractivity contribution in [3.8, 4) is 0 Å². The Hall–Kier alpha value is -0.930. The van der Waals surface area contributed by atoms with Crippen molar-refractivity contribution in [2.45, 2.75) is 25.4 Å². The first-order valence-electron chi connectivity index (χ1n) is 6.64. The third-order valence-electron chi connectivity index (χ3n) is 4.26. The molecule has 1 aliphatic heterocycles. The van der Waals surface area contributed by atoms with E-state index in [9.17, 15) is 5.11 Å². The van der Waals surface area contributed by atoms with E-state index in [1.54, 1.807) is 6.20 Å². The van der Waals surface area contributed by atoms with Crippen molar-refractivity contribution in [2.75, 3.05) is 19.6 Å². The number of rotatable bonds is 3. The van der Waals surface area contributed by atoms with E-state index in [0.717, 1.165) is 24.1 Å². The standard InChI is InChI=1S/C14H20N2O/c17-14(13-6-1-2-7-15-13)10-16-8-11-4-3-5-12(11)9-16/h1-2,6-7,11-12,14,17H,3-5,8-10H2. The molecule has 0 radical (unpaired) electrons. The predicted molar refractivity (Wildman–Crippen MR) is 66.5 cm³/mol. The molecule has 1 saturated carbocycles. The smallest absolute Gasteiger partial charge is 0.109 e. The van der Waals surface area contributed by atoms with Gasteiger partial charge in [-0.3, -0.25) is 9.88 Å². The number of pyridine rings is 1. The van der Waals surface area contributed by atoms with E-state index >= 15 is 0 Å². The van der Waals surface area contributed by atoms with E-state index < -0.39 is 6.10 Å². The normalized spacial score (nSPS) is 30.4. The Bertz CT molecular complexity index is 356. The minimum Gasteiger partial charge on any atom is -0.385 e. The van der Waals surface area contributed by atoms with Crippen molar-refractivity contribution in [1.82, 2.24) is 9.88 Å². The quantitative estimate of drug-likeness (QED) is 0.864. The van der Waals surface area contributed by atoms with E-state index in [0.29, 0.717) is 0 Å². The van der Waals surface area contributed by atoms with Crippen molar-refractivity contribution in [3.05, 3.63) is 30.1 Å². The molecule has 1 N–H and O–H groups in total. The maximum absolute atomic E-state index is 10.1. The van der Waals surface area contributed by atoms with Crippen LogP contribution in [-0.4, -0.2) is 34.6 Å². The lowest BCUT2D eigenvalue weighted by Crippen LogP contribution is -2.27. The molecule has 3 atom stereocenters. The molecule has 0 aromatic carbocycles. The number of aliphatic hydroxyl groups is 1. The third-order valence-corrected chi connectivity index (χ3v) is 4.26. The zero-order valence-electron chi connectivity index (χ0n) is 10.1. The Kier molecular flexibility index (Phi) is 3.12.